The van der Waals surface area contributed by atoms with Crippen molar-refractivity contribution in [2.75, 3.05) is 16.5 Å². The molecule has 10 aromatic rings. The van der Waals surface area contributed by atoms with E-state index >= 15 is 0 Å². The largest absolute Gasteiger partial charge is 0.457 e. The van der Waals surface area contributed by atoms with Crippen molar-refractivity contribution in [3.05, 3.63) is 240 Å². The molecule has 2 aromatic heterocycles. The summed E-state index contributed by atoms with van der Waals surface area (Å²) < 4.78 is 9.28. The third-order valence-corrected chi connectivity index (χ3v) is 15.4. The molecule has 0 atom stereocenters. The van der Waals surface area contributed by atoms with E-state index in [9.17, 15) is 0 Å². The monoisotopic (exact) mass is 955 g/mol. The van der Waals surface area contributed by atoms with Crippen LogP contribution in [0.2, 0.25) is 0 Å². The number of hydrogen-bond acceptors (Lipinski definition) is 4. The van der Waals surface area contributed by atoms with Crippen LogP contribution in [0.3, 0.4) is 0 Å². The summed E-state index contributed by atoms with van der Waals surface area (Å²) in [6.07, 6.45) is 1.96. The van der Waals surface area contributed by atoms with Crippen molar-refractivity contribution in [3.8, 4) is 28.4 Å². The van der Waals surface area contributed by atoms with E-state index in [-0.39, 0.29) is 21.7 Å². The number of fused-ring (bicyclic) bond motifs is 4. The molecule has 0 unspecified atom stereocenters. The van der Waals surface area contributed by atoms with Crippen molar-refractivity contribution < 1.29 is 4.74 Å². The van der Waals surface area contributed by atoms with Crippen molar-refractivity contribution in [1.82, 2.24) is 9.55 Å². The maximum atomic E-state index is 6.95. The molecular formula is C68H66N4O. The lowest BCUT2D eigenvalue weighted by Gasteiger charge is -2.29. The highest BCUT2D eigenvalue weighted by Gasteiger charge is 2.33. The Morgan fingerprint density at radius 1 is 0.384 bits per heavy atom. The van der Waals surface area contributed by atoms with Crippen molar-refractivity contribution in [2.24, 2.45) is 0 Å². The molecular weight excluding hydrogens is 889 g/mol. The molecule has 5 heteroatoms. The highest BCUT2D eigenvalue weighted by molar-refractivity contribution is 6.09. The molecule has 11 rings (SSSR count). The third-order valence-electron chi connectivity index (χ3n) is 15.4. The van der Waals surface area contributed by atoms with Gasteiger partial charge in [-0.1, -0.05) is 191 Å². The van der Waals surface area contributed by atoms with Gasteiger partial charge >= 0.3 is 0 Å². The fraction of sp³-hybridized carbons (Fsp3) is 0.221. The number of aromatic nitrogens is 2. The van der Waals surface area contributed by atoms with Crippen molar-refractivity contribution in [1.29, 1.82) is 0 Å². The zero-order valence-electron chi connectivity index (χ0n) is 44.0. The first-order valence-corrected chi connectivity index (χ1v) is 25.8. The van der Waals surface area contributed by atoms with Crippen molar-refractivity contribution in [2.45, 2.75) is 90.9 Å². The topological polar surface area (TPSA) is 33.5 Å². The van der Waals surface area contributed by atoms with Gasteiger partial charge in [-0.15, -0.1) is 0 Å². The Balaban J connectivity index is 0.992. The van der Waals surface area contributed by atoms with E-state index in [1.807, 2.05) is 6.20 Å². The quantitative estimate of drug-likeness (QED) is 0.137. The summed E-state index contributed by atoms with van der Waals surface area (Å²) in [7, 11) is 0. The molecule has 3 heterocycles. The molecule has 0 bridgehead atoms. The van der Waals surface area contributed by atoms with Gasteiger partial charge in [-0.05, 0) is 122 Å². The van der Waals surface area contributed by atoms with Crippen LogP contribution < -0.4 is 14.5 Å². The Hall–Kier alpha value is -7.89. The zero-order chi connectivity index (χ0) is 50.9. The predicted octanol–water partition coefficient (Wildman–Crippen LogP) is 18.1. The van der Waals surface area contributed by atoms with Crippen molar-refractivity contribution >= 4 is 44.6 Å². The maximum absolute atomic E-state index is 6.95. The van der Waals surface area contributed by atoms with Gasteiger partial charge in [0.1, 0.15) is 24.0 Å². The van der Waals surface area contributed by atoms with Crippen LogP contribution in [0.5, 0.6) is 11.5 Å². The Labute approximate surface area is 432 Å². The molecule has 73 heavy (non-hydrogen) atoms. The summed E-state index contributed by atoms with van der Waals surface area (Å²) in [6.45, 7) is 23.6. The number of hydrogen-bond donors (Lipinski definition) is 0. The Kier molecular flexibility index (Phi) is 11.7. The van der Waals surface area contributed by atoms with Gasteiger partial charge in [0, 0.05) is 51.3 Å². The molecule has 8 aromatic carbocycles. The highest BCUT2D eigenvalue weighted by Crippen LogP contribution is 2.49. The molecule has 0 N–H and O–H groups in total. The van der Waals surface area contributed by atoms with E-state index in [1.165, 1.54) is 61.3 Å². The first kappa shape index (κ1) is 47.4. The predicted molar refractivity (Wildman–Crippen MR) is 307 cm³/mol. The number of pyridine rings is 1. The second-order valence-electron chi connectivity index (χ2n) is 23.1. The van der Waals surface area contributed by atoms with E-state index in [0.29, 0.717) is 6.67 Å². The zero-order valence-corrected chi connectivity index (χ0v) is 44.0. The molecule has 0 aliphatic carbocycles. The van der Waals surface area contributed by atoms with Gasteiger partial charge in [0.05, 0.1) is 22.4 Å². The number of anilines is 4. The Bertz CT molecular complexity index is 3650. The highest BCUT2D eigenvalue weighted by atomic mass is 16.5. The maximum Gasteiger partial charge on any atom is 0.137 e. The summed E-state index contributed by atoms with van der Waals surface area (Å²) >= 11 is 0. The van der Waals surface area contributed by atoms with Crippen LogP contribution in [0.15, 0.2) is 206 Å². The van der Waals surface area contributed by atoms with E-state index in [2.05, 4.69) is 284 Å². The normalized spacial score (nSPS) is 13.2. The van der Waals surface area contributed by atoms with Gasteiger partial charge in [-0.25, -0.2) is 4.98 Å². The van der Waals surface area contributed by atoms with Gasteiger partial charge in [0.15, 0.2) is 0 Å². The fourth-order valence-electron chi connectivity index (χ4n) is 10.7. The summed E-state index contributed by atoms with van der Waals surface area (Å²) in [6, 6.07) is 72.9. The van der Waals surface area contributed by atoms with Crippen LogP contribution in [0, 0.1) is 0 Å². The lowest BCUT2D eigenvalue weighted by Crippen LogP contribution is -2.25. The van der Waals surface area contributed by atoms with Crippen LogP contribution in [-0.4, -0.2) is 16.2 Å². The van der Waals surface area contributed by atoms with Gasteiger partial charge < -0.3 is 14.5 Å². The minimum Gasteiger partial charge on any atom is -0.457 e. The van der Waals surface area contributed by atoms with Gasteiger partial charge in [0.25, 0.3) is 0 Å². The lowest BCUT2D eigenvalue weighted by atomic mass is 9.77. The second-order valence-corrected chi connectivity index (χ2v) is 23.1. The molecule has 0 saturated heterocycles. The first-order valence-electron chi connectivity index (χ1n) is 25.8. The SMILES string of the molecule is CC(C)(C)c1ccc2c(c1)N(c1cccc(Oc3ccc4c5ccc(C(C)(C)C)cc5n(-c5cc(C(C)(C)c6ccccc6)ccn5)c4c3)c1)CN2c1cc(-c2ccccc2)cc(C(C)(C)c2ccccc2)c1. The van der Waals surface area contributed by atoms with Crippen LogP contribution in [0.4, 0.5) is 22.7 Å². The average Bonchev–Trinajstić information content (AvgIpc) is 3.94. The Morgan fingerprint density at radius 2 is 0.959 bits per heavy atom. The van der Waals surface area contributed by atoms with E-state index in [4.69, 9.17) is 9.72 Å². The van der Waals surface area contributed by atoms with E-state index < -0.39 is 0 Å². The van der Waals surface area contributed by atoms with Gasteiger partial charge in [-0.3, -0.25) is 4.57 Å². The minimum absolute atomic E-state index is 0.0328. The number of ether oxygens (including phenoxy) is 1. The van der Waals surface area contributed by atoms with E-state index in [0.717, 1.165) is 45.1 Å². The molecule has 0 fully saturated rings. The molecule has 5 nitrogen and oxygen atoms in total. The minimum atomic E-state index is -0.239. The molecule has 1 aliphatic heterocycles. The molecule has 364 valence electrons. The number of nitrogens with zero attached hydrogens (tertiary/aromatic N) is 4. The first-order chi connectivity index (χ1) is 34.9. The van der Waals surface area contributed by atoms with Crippen LogP contribution in [0.25, 0.3) is 38.8 Å². The van der Waals surface area contributed by atoms with Gasteiger partial charge in [-0.2, -0.15) is 0 Å². The lowest BCUT2D eigenvalue weighted by molar-refractivity contribution is 0.483. The number of rotatable bonds is 10. The molecule has 1 aliphatic rings. The molecule has 0 spiro atoms. The van der Waals surface area contributed by atoms with E-state index in [1.54, 1.807) is 0 Å². The molecule has 0 saturated carbocycles. The summed E-state index contributed by atoms with van der Waals surface area (Å²) in [5.41, 5.74) is 16.2. The summed E-state index contributed by atoms with van der Waals surface area (Å²) in [4.78, 5) is 10.0. The smallest absolute Gasteiger partial charge is 0.137 e. The summed E-state index contributed by atoms with van der Waals surface area (Å²) in [5.74, 6) is 2.41. The van der Waals surface area contributed by atoms with Crippen LogP contribution in [0.1, 0.15) is 103 Å². The summed E-state index contributed by atoms with van der Waals surface area (Å²) in [5, 5.41) is 2.34. The standard InChI is InChI=1S/C68H66N4O/c1-65(2,3)50-29-32-58-59-33-31-57(44-62(59)72(61(58)40-50)64-42-52(35-36-69-64)67(7,8)48-23-16-12-17-24-48)73-56-28-20-27-54(43-56)70-45-71(60-34-30-51(41-63(60)70)66(4,5)6)55-38-47(46-21-14-11-15-22-46)37-53(39-55)68(9,10)49-25-18-13-19-26-49/h11-44H,45H2,1-10H3. The van der Waals surface area contributed by atoms with Crippen molar-refractivity contribution in [3.63, 3.8) is 0 Å². The molecule has 0 amide bonds. The second kappa shape index (κ2) is 18.0. The number of benzene rings is 8. The third kappa shape index (κ3) is 8.86. The molecule has 0 radical (unpaired) electrons. The van der Waals surface area contributed by atoms with Gasteiger partial charge in [0.2, 0.25) is 0 Å². The average molecular weight is 955 g/mol. The Morgan fingerprint density at radius 3 is 1.63 bits per heavy atom. The van der Waals surface area contributed by atoms with Crippen LogP contribution >= 0.6 is 0 Å². The fourth-order valence-corrected chi connectivity index (χ4v) is 10.7. The van der Waals surface area contributed by atoms with Crippen LogP contribution in [-0.2, 0) is 21.7 Å².